The van der Waals surface area contributed by atoms with Crippen LogP contribution in [0.3, 0.4) is 0 Å². The third-order valence-corrected chi connectivity index (χ3v) is 6.17. The van der Waals surface area contributed by atoms with E-state index in [1.807, 2.05) is 33.7 Å². The van der Waals surface area contributed by atoms with Gasteiger partial charge in [0, 0.05) is 36.5 Å². The molecule has 0 unspecified atom stereocenters. The third-order valence-electron chi connectivity index (χ3n) is 5.22. The van der Waals surface area contributed by atoms with Gasteiger partial charge in [0.05, 0.1) is 29.5 Å². The topological polar surface area (TPSA) is 73.6 Å². The Labute approximate surface area is 209 Å². The molecule has 0 N–H and O–H groups in total. The van der Waals surface area contributed by atoms with Crippen LogP contribution in [-0.2, 0) is 6.67 Å². The second-order valence-corrected chi connectivity index (χ2v) is 9.06. The van der Waals surface area contributed by atoms with E-state index >= 15 is 0 Å². The molecule has 3 aromatic rings. The van der Waals surface area contributed by atoms with E-state index in [9.17, 15) is 0 Å². The molecule has 0 bridgehead atoms. The minimum Gasteiger partial charge on any atom is -0.282 e. The monoisotopic (exact) mass is 498 g/mol. The number of nitrogens with zero attached hydrogens (tertiary/aromatic N) is 6. The van der Waals surface area contributed by atoms with Crippen molar-refractivity contribution in [3.05, 3.63) is 62.8 Å². The molecule has 6 nitrogen and oxygen atoms in total. The van der Waals surface area contributed by atoms with Gasteiger partial charge in [-0.1, -0.05) is 55.2 Å². The highest BCUT2D eigenvalue weighted by molar-refractivity contribution is 7.71. The first kappa shape index (κ1) is 25.0. The molecule has 33 heavy (non-hydrogen) atoms. The quantitative estimate of drug-likeness (QED) is 0.311. The van der Waals surface area contributed by atoms with Crippen LogP contribution in [0, 0.1) is 27.4 Å². The summed E-state index contributed by atoms with van der Waals surface area (Å²) in [6.45, 7) is 5.66. The first-order valence-electron chi connectivity index (χ1n) is 10.6. The lowest BCUT2D eigenvalue weighted by molar-refractivity contribution is 0.214. The molecule has 3 rings (SSSR count). The molecule has 1 heterocycles. The van der Waals surface area contributed by atoms with Crippen LogP contribution in [0.2, 0.25) is 10.0 Å². The molecule has 0 spiro atoms. The Balaban J connectivity index is 2.19. The predicted molar refractivity (Wildman–Crippen MR) is 134 cm³/mol. The lowest BCUT2D eigenvalue weighted by Gasteiger charge is -2.19. The molecule has 0 amide bonds. The highest BCUT2D eigenvalue weighted by atomic mass is 35.5. The number of hydrogen-bond acceptors (Lipinski definition) is 5. The third kappa shape index (κ3) is 5.82. The van der Waals surface area contributed by atoms with Crippen molar-refractivity contribution in [1.82, 2.24) is 19.2 Å². The molecule has 0 radical (unpaired) electrons. The van der Waals surface area contributed by atoms with Gasteiger partial charge in [-0.05, 0) is 48.0 Å². The summed E-state index contributed by atoms with van der Waals surface area (Å²) in [5, 5.41) is 23.9. The highest BCUT2D eigenvalue weighted by Gasteiger charge is 2.21. The average Bonchev–Trinajstić information content (AvgIpc) is 3.10. The molecule has 0 fully saturated rings. The molecule has 1 aromatic heterocycles. The Morgan fingerprint density at radius 3 is 2.33 bits per heavy atom. The van der Waals surface area contributed by atoms with Gasteiger partial charge in [-0.15, -0.1) is 5.10 Å². The highest BCUT2D eigenvalue weighted by Crippen LogP contribution is 2.33. The van der Waals surface area contributed by atoms with Gasteiger partial charge in [0.2, 0.25) is 4.77 Å². The Hall–Kier alpha value is -2.68. The van der Waals surface area contributed by atoms with E-state index in [-0.39, 0.29) is 5.92 Å². The van der Waals surface area contributed by atoms with Gasteiger partial charge >= 0.3 is 0 Å². The zero-order valence-electron chi connectivity index (χ0n) is 18.5. The summed E-state index contributed by atoms with van der Waals surface area (Å²) in [4.78, 5) is 2.00. The van der Waals surface area contributed by atoms with Crippen LogP contribution in [-0.4, -0.2) is 32.3 Å². The van der Waals surface area contributed by atoms with Crippen molar-refractivity contribution in [2.75, 3.05) is 13.1 Å². The maximum Gasteiger partial charge on any atom is 0.204 e. The molecule has 0 atom stereocenters. The molecule has 0 saturated heterocycles. The van der Waals surface area contributed by atoms with Gasteiger partial charge in [0.1, 0.15) is 0 Å². The Morgan fingerprint density at radius 2 is 1.73 bits per heavy atom. The van der Waals surface area contributed by atoms with Gasteiger partial charge in [0.15, 0.2) is 5.82 Å². The average molecular weight is 499 g/mol. The Bertz CT molecular complexity index is 1250. The molecule has 170 valence electrons. The molecule has 0 saturated carbocycles. The zero-order valence-corrected chi connectivity index (χ0v) is 20.8. The Morgan fingerprint density at radius 1 is 1.06 bits per heavy atom. The summed E-state index contributed by atoms with van der Waals surface area (Å²) < 4.78 is 4.16. The van der Waals surface area contributed by atoms with Crippen molar-refractivity contribution >= 4 is 35.4 Å². The summed E-state index contributed by atoms with van der Waals surface area (Å²) in [7, 11) is 0. The first-order chi connectivity index (χ1) is 15.9. The normalized spacial score (nSPS) is 11.0. The van der Waals surface area contributed by atoms with Crippen molar-refractivity contribution in [3.63, 3.8) is 0 Å². The molecule has 0 aliphatic carbocycles. The lowest BCUT2D eigenvalue weighted by atomic mass is 10.0. The van der Waals surface area contributed by atoms with Crippen LogP contribution in [0.15, 0.2) is 42.5 Å². The minimum absolute atomic E-state index is 0.266. The molecule has 0 aliphatic rings. The summed E-state index contributed by atoms with van der Waals surface area (Å²) in [5.41, 5.74) is 2.78. The predicted octanol–water partition coefficient (Wildman–Crippen LogP) is 6.59. The van der Waals surface area contributed by atoms with Crippen molar-refractivity contribution in [2.24, 2.45) is 0 Å². The fourth-order valence-corrected chi connectivity index (χ4v) is 4.38. The Kier molecular flexibility index (Phi) is 8.66. The number of rotatable bonds is 9. The van der Waals surface area contributed by atoms with E-state index in [1.54, 1.807) is 16.8 Å². The molecular weight excluding hydrogens is 475 g/mol. The minimum atomic E-state index is 0.266. The van der Waals surface area contributed by atoms with Gasteiger partial charge in [-0.2, -0.15) is 10.5 Å². The van der Waals surface area contributed by atoms with Crippen LogP contribution in [0.5, 0.6) is 0 Å². The number of halogens is 2. The fourth-order valence-electron chi connectivity index (χ4n) is 3.60. The number of nitriles is 2. The SMILES string of the molecule is CC(C)c1ccccc1-n1c(-c2ccc(Cl)cc2Cl)nn(CN(CCC#N)CCC#N)c1=S. The van der Waals surface area contributed by atoms with E-state index in [4.69, 9.17) is 51.0 Å². The molecule has 0 aliphatic heterocycles. The van der Waals surface area contributed by atoms with Crippen LogP contribution >= 0.6 is 35.4 Å². The van der Waals surface area contributed by atoms with Crippen LogP contribution in [0.1, 0.15) is 38.2 Å². The summed E-state index contributed by atoms with van der Waals surface area (Å²) >= 11 is 18.6. The van der Waals surface area contributed by atoms with E-state index in [1.165, 1.54) is 0 Å². The van der Waals surface area contributed by atoms with Gasteiger partial charge in [-0.3, -0.25) is 9.47 Å². The summed E-state index contributed by atoms with van der Waals surface area (Å²) in [5.74, 6) is 0.873. The van der Waals surface area contributed by atoms with Crippen molar-refractivity contribution in [2.45, 2.75) is 39.3 Å². The van der Waals surface area contributed by atoms with Gasteiger partial charge < -0.3 is 0 Å². The van der Waals surface area contributed by atoms with E-state index in [0.29, 0.717) is 58.8 Å². The molecular formula is C24H24Cl2N6S. The second-order valence-electron chi connectivity index (χ2n) is 7.85. The number of benzene rings is 2. The molecule has 2 aromatic carbocycles. The second kappa shape index (κ2) is 11.4. The van der Waals surface area contributed by atoms with Crippen molar-refractivity contribution < 1.29 is 0 Å². The largest absolute Gasteiger partial charge is 0.282 e. The van der Waals surface area contributed by atoms with Crippen LogP contribution in [0.25, 0.3) is 17.1 Å². The van der Waals surface area contributed by atoms with Crippen molar-refractivity contribution in [3.8, 4) is 29.2 Å². The number of aromatic nitrogens is 3. The summed E-state index contributed by atoms with van der Waals surface area (Å²) in [6.07, 6.45) is 0.705. The van der Waals surface area contributed by atoms with Gasteiger partial charge in [-0.25, -0.2) is 4.68 Å². The number of hydrogen-bond donors (Lipinski definition) is 0. The van der Waals surface area contributed by atoms with Crippen LogP contribution < -0.4 is 0 Å². The van der Waals surface area contributed by atoms with E-state index < -0.39 is 0 Å². The standard InChI is InChI=1S/C24H24Cl2N6S/c1-17(2)19-7-3-4-8-22(19)32-23(20-10-9-18(25)15-21(20)26)29-31(24(32)33)16-30(13-5-11-27)14-6-12-28/h3-4,7-10,15,17H,5-6,13-14,16H2,1-2H3. The maximum atomic E-state index is 9.03. The smallest absolute Gasteiger partial charge is 0.204 e. The van der Waals surface area contributed by atoms with Crippen molar-refractivity contribution in [1.29, 1.82) is 10.5 Å². The van der Waals surface area contributed by atoms with E-state index in [0.717, 1.165) is 11.3 Å². The zero-order chi connectivity index (χ0) is 24.0. The van der Waals surface area contributed by atoms with Crippen LogP contribution in [0.4, 0.5) is 0 Å². The first-order valence-corrected chi connectivity index (χ1v) is 11.7. The number of para-hydroxylation sites is 1. The van der Waals surface area contributed by atoms with Gasteiger partial charge in [0.25, 0.3) is 0 Å². The fraction of sp³-hybridized carbons (Fsp3) is 0.333. The van der Waals surface area contributed by atoms with E-state index in [2.05, 4.69) is 32.1 Å². The lowest BCUT2D eigenvalue weighted by Crippen LogP contribution is -2.29. The summed E-state index contributed by atoms with van der Waals surface area (Å²) in [6, 6.07) is 17.7. The maximum absolute atomic E-state index is 9.03. The molecule has 9 heteroatoms.